The van der Waals surface area contributed by atoms with Gasteiger partial charge in [-0.1, -0.05) is 17.7 Å². The van der Waals surface area contributed by atoms with Crippen LogP contribution in [0, 0.1) is 13.8 Å². The van der Waals surface area contributed by atoms with Crippen LogP contribution in [-0.2, 0) is 13.2 Å². The number of rotatable bonds is 6. The highest BCUT2D eigenvalue weighted by Crippen LogP contribution is 2.25. The molecule has 1 saturated carbocycles. The zero-order valence-corrected chi connectivity index (χ0v) is 13.2. The Morgan fingerprint density at radius 1 is 1.24 bits per heavy atom. The van der Waals surface area contributed by atoms with Crippen LogP contribution in [0.3, 0.4) is 0 Å². The molecule has 0 saturated heterocycles. The Kier molecular flexibility index (Phi) is 4.22. The second-order valence-corrected chi connectivity index (χ2v) is 6.11. The number of halogens is 1. The van der Waals surface area contributed by atoms with Crippen LogP contribution in [0.25, 0.3) is 0 Å². The topological polar surface area (TPSA) is 34.4 Å². The van der Waals surface area contributed by atoms with Crippen molar-refractivity contribution in [3.8, 4) is 5.75 Å². The lowest BCUT2D eigenvalue weighted by atomic mass is 10.2. The number of aryl methyl sites for hydroxylation is 2. The van der Waals surface area contributed by atoms with E-state index in [9.17, 15) is 0 Å². The van der Waals surface area contributed by atoms with Gasteiger partial charge in [-0.15, -0.1) is 0 Å². The van der Waals surface area contributed by atoms with Crippen LogP contribution in [0.2, 0.25) is 5.02 Å². The average Bonchev–Trinajstić information content (AvgIpc) is 3.21. The molecule has 1 aliphatic carbocycles. The average molecular weight is 306 g/mol. The van der Waals surface area contributed by atoms with Crippen LogP contribution in [0.5, 0.6) is 5.75 Å². The first-order valence-corrected chi connectivity index (χ1v) is 7.70. The van der Waals surface area contributed by atoms with E-state index in [0.717, 1.165) is 29.4 Å². The number of furan rings is 1. The molecule has 0 amide bonds. The molecular weight excluding hydrogens is 286 g/mol. The second kappa shape index (κ2) is 6.12. The number of nitrogens with one attached hydrogen (secondary N) is 1. The molecule has 1 N–H and O–H groups in total. The molecule has 0 atom stereocenters. The molecule has 2 aromatic rings. The molecule has 4 heteroatoms. The van der Waals surface area contributed by atoms with E-state index in [-0.39, 0.29) is 0 Å². The molecule has 3 rings (SSSR count). The molecule has 0 unspecified atom stereocenters. The molecule has 1 fully saturated rings. The molecular formula is C17H20ClNO2. The molecule has 112 valence electrons. The first kappa shape index (κ1) is 14.5. The van der Waals surface area contributed by atoms with Gasteiger partial charge in [0, 0.05) is 11.1 Å². The Bertz CT molecular complexity index is 632. The first-order chi connectivity index (χ1) is 10.1. The molecule has 1 heterocycles. The Morgan fingerprint density at radius 2 is 2.05 bits per heavy atom. The van der Waals surface area contributed by atoms with Crippen LogP contribution < -0.4 is 10.1 Å². The van der Waals surface area contributed by atoms with Crippen molar-refractivity contribution in [2.75, 3.05) is 0 Å². The van der Waals surface area contributed by atoms with Crippen molar-refractivity contribution >= 4 is 11.6 Å². The fourth-order valence-electron chi connectivity index (χ4n) is 2.24. The summed E-state index contributed by atoms with van der Waals surface area (Å²) in [5.41, 5.74) is 2.24. The SMILES string of the molecule is Cc1ccc(Cl)cc1OCc1cc(C)c(CNC2CC2)o1. The molecule has 1 aromatic carbocycles. The van der Waals surface area contributed by atoms with E-state index < -0.39 is 0 Å². The molecule has 21 heavy (non-hydrogen) atoms. The molecule has 0 spiro atoms. The van der Waals surface area contributed by atoms with E-state index in [4.69, 9.17) is 20.8 Å². The third-order valence-corrected chi connectivity index (χ3v) is 3.96. The molecule has 1 aromatic heterocycles. The normalized spacial score (nSPS) is 14.4. The van der Waals surface area contributed by atoms with Gasteiger partial charge in [0.15, 0.2) is 0 Å². The fraction of sp³-hybridized carbons (Fsp3) is 0.412. The largest absolute Gasteiger partial charge is 0.485 e. The lowest BCUT2D eigenvalue weighted by Gasteiger charge is -2.08. The summed E-state index contributed by atoms with van der Waals surface area (Å²) >= 11 is 5.99. The maximum Gasteiger partial charge on any atom is 0.146 e. The highest BCUT2D eigenvalue weighted by Gasteiger charge is 2.21. The summed E-state index contributed by atoms with van der Waals surface area (Å²) in [5.74, 6) is 2.65. The minimum absolute atomic E-state index is 0.422. The zero-order valence-electron chi connectivity index (χ0n) is 12.4. The van der Waals surface area contributed by atoms with Crippen molar-refractivity contribution in [2.45, 2.75) is 45.9 Å². The highest BCUT2D eigenvalue weighted by atomic mass is 35.5. The van der Waals surface area contributed by atoms with Gasteiger partial charge in [-0.05, 0) is 56.0 Å². The van der Waals surface area contributed by atoms with E-state index in [1.807, 2.05) is 31.2 Å². The predicted octanol–water partition coefficient (Wildman–Crippen LogP) is 4.38. The zero-order chi connectivity index (χ0) is 14.8. The molecule has 3 nitrogen and oxygen atoms in total. The number of hydrogen-bond donors (Lipinski definition) is 1. The summed E-state index contributed by atoms with van der Waals surface area (Å²) < 4.78 is 11.7. The van der Waals surface area contributed by atoms with Gasteiger partial charge < -0.3 is 14.5 Å². The monoisotopic (exact) mass is 305 g/mol. The number of ether oxygens (including phenoxy) is 1. The summed E-state index contributed by atoms with van der Waals surface area (Å²) in [6.45, 7) is 5.30. The van der Waals surface area contributed by atoms with Crippen LogP contribution in [0.15, 0.2) is 28.7 Å². The third kappa shape index (κ3) is 3.80. The molecule has 0 bridgehead atoms. The third-order valence-electron chi connectivity index (χ3n) is 3.72. The smallest absolute Gasteiger partial charge is 0.146 e. The minimum atomic E-state index is 0.422. The lowest BCUT2D eigenvalue weighted by molar-refractivity contribution is 0.263. The molecule has 0 radical (unpaired) electrons. The first-order valence-electron chi connectivity index (χ1n) is 7.32. The Balaban J connectivity index is 1.61. The summed E-state index contributed by atoms with van der Waals surface area (Å²) in [5, 5.41) is 4.15. The van der Waals surface area contributed by atoms with E-state index in [0.29, 0.717) is 17.7 Å². The fourth-order valence-corrected chi connectivity index (χ4v) is 2.40. The van der Waals surface area contributed by atoms with Gasteiger partial charge in [-0.3, -0.25) is 0 Å². The van der Waals surface area contributed by atoms with Gasteiger partial charge in [0.1, 0.15) is 23.9 Å². The number of hydrogen-bond acceptors (Lipinski definition) is 3. The molecule has 1 aliphatic rings. The van der Waals surface area contributed by atoms with Crippen molar-refractivity contribution in [3.05, 3.63) is 51.9 Å². The predicted molar refractivity (Wildman–Crippen MR) is 83.8 cm³/mol. The second-order valence-electron chi connectivity index (χ2n) is 5.67. The van der Waals surface area contributed by atoms with Crippen molar-refractivity contribution in [2.24, 2.45) is 0 Å². The van der Waals surface area contributed by atoms with Gasteiger partial charge in [0.2, 0.25) is 0 Å². The van der Waals surface area contributed by atoms with Crippen molar-refractivity contribution in [1.29, 1.82) is 0 Å². The Hall–Kier alpha value is -1.45. The maximum absolute atomic E-state index is 5.99. The summed E-state index contributed by atoms with van der Waals surface area (Å²) in [6, 6.07) is 8.38. The summed E-state index contributed by atoms with van der Waals surface area (Å²) in [6.07, 6.45) is 2.56. The van der Waals surface area contributed by atoms with Crippen LogP contribution in [0.1, 0.15) is 35.5 Å². The minimum Gasteiger partial charge on any atom is -0.485 e. The van der Waals surface area contributed by atoms with Crippen molar-refractivity contribution in [3.63, 3.8) is 0 Å². The standard InChI is InChI=1S/C17H20ClNO2/c1-11-3-4-13(18)8-16(11)20-10-15-7-12(2)17(21-15)9-19-14-5-6-14/h3-4,7-8,14,19H,5-6,9-10H2,1-2H3. The van der Waals surface area contributed by atoms with Crippen LogP contribution >= 0.6 is 11.6 Å². The summed E-state index contributed by atoms with van der Waals surface area (Å²) in [4.78, 5) is 0. The van der Waals surface area contributed by atoms with E-state index in [2.05, 4.69) is 12.2 Å². The van der Waals surface area contributed by atoms with Crippen LogP contribution in [0.4, 0.5) is 0 Å². The quantitative estimate of drug-likeness (QED) is 0.860. The Labute approximate surface area is 130 Å². The Morgan fingerprint density at radius 3 is 2.81 bits per heavy atom. The van der Waals surface area contributed by atoms with Gasteiger partial charge >= 0.3 is 0 Å². The van der Waals surface area contributed by atoms with Gasteiger partial charge in [0.25, 0.3) is 0 Å². The summed E-state index contributed by atoms with van der Waals surface area (Å²) in [7, 11) is 0. The maximum atomic E-state index is 5.99. The van der Waals surface area contributed by atoms with Gasteiger partial charge in [-0.25, -0.2) is 0 Å². The molecule has 0 aliphatic heterocycles. The van der Waals surface area contributed by atoms with Crippen LogP contribution in [-0.4, -0.2) is 6.04 Å². The van der Waals surface area contributed by atoms with Crippen molar-refractivity contribution in [1.82, 2.24) is 5.32 Å². The van der Waals surface area contributed by atoms with Crippen molar-refractivity contribution < 1.29 is 9.15 Å². The van der Waals surface area contributed by atoms with E-state index >= 15 is 0 Å². The highest BCUT2D eigenvalue weighted by molar-refractivity contribution is 6.30. The number of benzene rings is 1. The van der Waals surface area contributed by atoms with E-state index in [1.54, 1.807) is 0 Å². The van der Waals surface area contributed by atoms with Gasteiger partial charge in [-0.2, -0.15) is 0 Å². The van der Waals surface area contributed by atoms with Gasteiger partial charge in [0.05, 0.1) is 6.54 Å². The van der Waals surface area contributed by atoms with E-state index in [1.165, 1.54) is 18.4 Å². The lowest BCUT2D eigenvalue weighted by Crippen LogP contribution is -2.15.